The summed E-state index contributed by atoms with van der Waals surface area (Å²) in [6.07, 6.45) is 1.11. The molecule has 0 aliphatic heterocycles. The molecule has 0 fully saturated rings. The molecule has 1 heterocycles. The van der Waals surface area contributed by atoms with Crippen molar-refractivity contribution in [1.29, 1.82) is 0 Å². The number of nitrogens with zero attached hydrogens (tertiary/aromatic N) is 1. The molecule has 3 nitrogen and oxygen atoms in total. The predicted octanol–water partition coefficient (Wildman–Crippen LogP) is 3.86. The summed E-state index contributed by atoms with van der Waals surface area (Å²) in [4.78, 5) is 5.69. The Morgan fingerprint density at radius 2 is 2.15 bits per heavy atom. The van der Waals surface area contributed by atoms with Gasteiger partial charge in [0.2, 0.25) is 0 Å². The number of ether oxygens (including phenoxy) is 1. The summed E-state index contributed by atoms with van der Waals surface area (Å²) in [5.74, 6) is 0.904. The highest BCUT2D eigenvalue weighted by Gasteiger charge is 2.19. The van der Waals surface area contributed by atoms with Gasteiger partial charge < -0.3 is 10.1 Å². The van der Waals surface area contributed by atoms with Crippen LogP contribution >= 0.6 is 11.3 Å². The number of hydrogen-bond donors (Lipinski definition) is 1. The number of thiazole rings is 1. The summed E-state index contributed by atoms with van der Waals surface area (Å²) in [6.45, 7) is 7.39. The number of hydrogen-bond acceptors (Lipinski definition) is 4. The van der Waals surface area contributed by atoms with E-state index in [9.17, 15) is 0 Å². The van der Waals surface area contributed by atoms with Gasteiger partial charge in [0, 0.05) is 4.88 Å². The summed E-state index contributed by atoms with van der Waals surface area (Å²) >= 11 is 1.72. The van der Waals surface area contributed by atoms with Gasteiger partial charge in [0.25, 0.3) is 0 Å². The Kier molecular flexibility index (Phi) is 5.15. The molecule has 0 saturated heterocycles. The lowest BCUT2D eigenvalue weighted by Crippen LogP contribution is -2.23. The molecule has 0 radical (unpaired) electrons. The van der Waals surface area contributed by atoms with Crippen LogP contribution in [0.3, 0.4) is 0 Å². The van der Waals surface area contributed by atoms with Crippen molar-refractivity contribution in [3.63, 3.8) is 0 Å². The molecule has 2 rings (SSSR count). The lowest BCUT2D eigenvalue weighted by Gasteiger charge is -2.21. The molecule has 0 saturated carbocycles. The maximum Gasteiger partial charge on any atom is 0.119 e. The minimum atomic E-state index is 0.216. The number of aromatic nitrogens is 1. The first kappa shape index (κ1) is 15.0. The fraction of sp³-hybridized carbons (Fsp3) is 0.438. The summed E-state index contributed by atoms with van der Waals surface area (Å²) in [6, 6.07) is 6.49. The lowest BCUT2D eigenvalue weighted by atomic mass is 9.98. The Balaban J connectivity index is 2.38. The van der Waals surface area contributed by atoms with Gasteiger partial charge in [-0.1, -0.05) is 13.0 Å². The molecule has 0 bridgehead atoms. The molecular weight excluding hydrogens is 268 g/mol. The van der Waals surface area contributed by atoms with E-state index in [2.05, 4.69) is 43.2 Å². The molecule has 1 N–H and O–H groups in total. The molecule has 108 valence electrons. The van der Waals surface area contributed by atoms with Gasteiger partial charge in [-0.25, -0.2) is 4.98 Å². The largest absolute Gasteiger partial charge is 0.497 e. The van der Waals surface area contributed by atoms with E-state index in [4.69, 9.17) is 4.74 Å². The van der Waals surface area contributed by atoms with Crippen LogP contribution in [0.5, 0.6) is 5.75 Å². The second kappa shape index (κ2) is 6.86. The van der Waals surface area contributed by atoms with Crippen LogP contribution in [0.1, 0.15) is 41.1 Å². The minimum Gasteiger partial charge on any atom is -0.497 e. The Labute approximate surface area is 125 Å². The van der Waals surface area contributed by atoms with Crippen molar-refractivity contribution in [2.24, 2.45) is 0 Å². The highest BCUT2D eigenvalue weighted by atomic mass is 32.1. The average Bonchev–Trinajstić information content (AvgIpc) is 2.87. The van der Waals surface area contributed by atoms with Gasteiger partial charge in [0.05, 0.1) is 24.4 Å². The maximum absolute atomic E-state index is 5.30. The topological polar surface area (TPSA) is 34.1 Å². The fourth-order valence-corrected chi connectivity index (χ4v) is 3.21. The Morgan fingerprint density at radius 1 is 1.35 bits per heavy atom. The van der Waals surface area contributed by atoms with Crippen LogP contribution < -0.4 is 10.1 Å². The lowest BCUT2D eigenvalue weighted by molar-refractivity contribution is 0.414. The average molecular weight is 290 g/mol. The third-order valence-electron chi connectivity index (χ3n) is 3.43. The minimum absolute atomic E-state index is 0.216. The maximum atomic E-state index is 5.30. The van der Waals surface area contributed by atoms with Gasteiger partial charge >= 0.3 is 0 Å². The van der Waals surface area contributed by atoms with Crippen LogP contribution in [0.4, 0.5) is 0 Å². The number of rotatable bonds is 6. The van der Waals surface area contributed by atoms with Crippen LogP contribution in [0.2, 0.25) is 0 Å². The Morgan fingerprint density at radius 3 is 2.70 bits per heavy atom. The molecule has 1 unspecified atom stereocenters. The van der Waals surface area contributed by atoms with Crippen LogP contribution in [-0.2, 0) is 0 Å². The monoisotopic (exact) mass is 290 g/mol. The van der Waals surface area contributed by atoms with E-state index in [1.807, 2.05) is 11.6 Å². The van der Waals surface area contributed by atoms with E-state index in [0.717, 1.165) is 24.4 Å². The van der Waals surface area contributed by atoms with E-state index in [1.165, 1.54) is 16.0 Å². The first-order chi connectivity index (χ1) is 9.67. The Hall–Kier alpha value is -1.39. The van der Waals surface area contributed by atoms with Crippen molar-refractivity contribution in [2.75, 3.05) is 13.7 Å². The van der Waals surface area contributed by atoms with Crippen LogP contribution in [0.15, 0.2) is 23.7 Å². The standard InChI is InChI=1S/C16H22N2OS/c1-5-8-17-15(16-12(3)18-10-20-16)14-7-6-13(19-4)9-11(14)2/h6-7,9-10,15,17H,5,8H2,1-4H3. The normalized spacial score (nSPS) is 12.4. The third kappa shape index (κ3) is 3.19. The SMILES string of the molecule is CCCNC(c1ccc(OC)cc1C)c1scnc1C. The first-order valence-corrected chi connectivity index (χ1v) is 7.83. The highest BCUT2D eigenvalue weighted by Crippen LogP contribution is 2.31. The van der Waals surface area contributed by atoms with Crippen LogP contribution in [-0.4, -0.2) is 18.6 Å². The molecule has 2 aromatic rings. The summed E-state index contributed by atoms with van der Waals surface area (Å²) in [7, 11) is 1.70. The molecule has 1 atom stereocenters. The van der Waals surface area contributed by atoms with E-state index >= 15 is 0 Å². The van der Waals surface area contributed by atoms with Gasteiger partial charge in [-0.15, -0.1) is 11.3 Å². The van der Waals surface area contributed by atoms with Crippen molar-refractivity contribution >= 4 is 11.3 Å². The molecule has 1 aromatic carbocycles. The molecule has 4 heteroatoms. The van der Waals surface area contributed by atoms with Crippen molar-refractivity contribution < 1.29 is 4.74 Å². The zero-order valence-corrected chi connectivity index (χ0v) is 13.4. The first-order valence-electron chi connectivity index (χ1n) is 6.95. The molecule has 0 aliphatic carbocycles. The molecule has 0 aliphatic rings. The molecule has 0 amide bonds. The predicted molar refractivity (Wildman–Crippen MR) is 84.7 cm³/mol. The van der Waals surface area contributed by atoms with Crippen LogP contribution in [0.25, 0.3) is 0 Å². The van der Waals surface area contributed by atoms with E-state index in [1.54, 1.807) is 18.4 Å². The fourth-order valence-electron chi connectivity index (χ4n) is 2.32. The number of methoxy groups -OCH3 is 1. The molecule has 20 heavy (non-hydrogen) atoms. The second-order valence-electron chi connectivity index (χ2n) is 4.91. The van der Waals surface area contributed by atoms with Crippen molar-refractivity contribution in [2.45, 2.75) is 33.2 Å². The molecular formula is C16H22N2OS. The highest BCUT2D eigenvalue weighted by molar-refractivity contribution is 7.09. The Bertz CT molecular complexity index is 565. The second-order valence-corrected chi connectivity index (χ2v) is 5.80. The van der Waals surface area contributed by atoms with E-state index in [-0.39, 0.29) is 6.04 Å². The van der Waals surface area contributed by atoms with E-state index in [0.29, 0.717) is 0 Å². The number of nitrogens with one attached hydrogen (secondary N) is 1. The van der Waals surface area contributed by atoms with Gasteiger partial charge in [-0.3, -0.25) is 0 Å². The van der Waals surface area contributed by atoms with Crippen molar-refractivity contribution in [3.05, 3.63) is 45.4 Å². The van der Waals surface area contributed by atoms with Gasteiger partial charge in [-0.05, 0) is 50.1 Å². The summed E-state index contributed by atoms with van der Waals surface area (Å²) in [5, 5.41) is 3.64. The van der Waals surface area contributed by atoms with E-state index < -0.39 is 0 Å². The third-order valence-corrected chi connectivity index (χ3v) is 4.43. The van der Waals surface area contributed by atoms with Crippen LogP contribution in [0, 0.1) is 13.8 Å². The van der Waals surface area contributed by atoms with Gasteiger partial charge in [0.1, 0.15) is 5.75 Å². The van der Waals surface area contributed by atoms with Crippen molar-refractivity contribution in [1.82, 2.24) is 10.3 Å². The number of benzene rings is 1. The zero-order chi connectivity index (χ0) is 14.5. The summed E-state index contributed by atoms with van der Waals surface area (Å²) in [5.41, 5.74) is 5.57. The van der Waals surface area contributed by atoms with Gasteiger partial charge in [0.15, 0.2) is 0 Å². The zero-order valence-electron chi connectivity index (χ0n) is 12.6. The summed E-state index contributed by atoms with van der Waals surface area (Å²) < 4.78 is 5.30. The molecule has 1 aromatic heterocycles. The molecule has 0 spiro atoms. The van der Waals surface area contributed by atoms with Gasteiger partial charge in [-0.2, -0.15) is 0 Å². The quantitative estimate of drug-likeness (QED) is 0.877. The number of aryl methyl sites for hydroxylation is 2. The van der Waals surface area contributed by atoms with Crippen molar-refractivity contribution in [3.8, 4) is 5.75 Å². The smallest absolute Gasteiger partial charge is 0.119 e.